The molecule has 2 fully saturated rings. The number of hydrogen-bond donors (Lipinski definition) is 1. The lowest BCUT2D eigenvalue weighted by molar-refractivity contribution is 0.0921. The van der Waals surface area contributed by atoms with Gasteiger partial charge in [0.2, 0.25) is 0 Å². The quantitative estimate of drug-likeness (QED) is 0.884. The molecular weight excluding hydrogens is 321 g/mol. The van der Waals surface area contributed by atoms with Gasteiger partial charge in [-0.15, -0.1) is 12.4 Å². The van der Waals surface area contributed by atoms with E-state index in [4.69, 9.17) is 16.3 Å². The third-order valence-electron chi connectivity index (χ3n) is 4.45. The lowest BCUT2D eigenvalue weighted by Gasteiger charge is -2.37. The molecule has 1 aromatic carbocycles. The maximum Gasteiger partial charge on any atom is 0.119 e. The van der Waals surface area contributed by atoms with Crippen LogP contribution in [0.1, 0.15) is 6.42 Å². The summed E-state index contributed by atoms with van der Waals surface area (Å²) in [6.07, 6.45) is 1.31. The highest BCUT2D eigenvalue weighted by molar-refractivity contribution is 6.30. The molecule has 2 aliphatic rings. The fourth-order valence-corrected chi connectivity index (χ4v) is 3.25. The molecule has 1 unspecified atom stereocenters. The van der Waals surface area contributed by atoms with Crippen LogP contribution in [0.15, 0.2) is 24.3 Å². The van der Waals surface area contributed by atoms with E-state index in [-0.39, 0.29) is 12.4 Å². The van der Waals surface area contributed by atoms with Gasteiger partial charge in [-0.3, -0.25) is 9.80 Å². The largest absolute Gasteiger partial charge is 0.492 e. The summed E-state index contributed by atoms with van der Waals surface area (Å²) in [5.74, 6) is 0.898. The van der Waals surface area contributed by atoms with Gasteiger partial charge in [0, 0.05) is 50.3 Å². The molecule has 0 radical (unpaired) electrons. The third-order valence-corrected chi connectivity index (χ3v) is 4.70. The maximum absolute atomic E-state index is 5.86. The highest BCUT2D eigenvalue weighted by Crippen LogP contribution is 2.16. The van der Waals surface area contributed by atoms with Crippen molar-refractivity contribution in [3.63, 3.8) is 0 Å². The van der Waals surface area contributed by atoms with Crippen molar-refractivity contribution in [2.24, 2.45) is 0 Å². The first-order chi connectivity index (χ1) is 10.3. The van der Waals surface area contributed by atoms with Gasteiger partial charge < -0.3 is 10.1 Å². The second-order valence-electron chi connectivity index (χ2n) is 5.83. The fourth-order valence-electron chi connectivity index (χ4n) is 3.13. The summed E-state index contributed by atoms with van der Waals surface area (Å²) in [6, 6.07) is 8.34. The number of hydrogen-bond acceptors (Lipinski definition) is 4. The Morgan fingerprint density at radius 2 is 1.86 bits per heavy atom. The lowest BCUT2D eigenvalue weighted by Crippen LogP contribution is -2.51. The Bertz CT molecular complexity index is 430. The number of nitrogens with one attached hydrogen (secondary N) is 1. The SMILES string of the molecule is Cl.Clc1ccc(OCCN2CCN(C3CCNC3)CC2)cc1. The van der Waals surface area contributed by atoms with E-state index in [0.717, 1.165) is 43.1 Å². The Labute approximate surface area is 144 Å². The van der Waals surface area contributed by atoms with Crippen molar-refractivity contribution in [2.75, 3.05) is 52.4 Å². The summed E-state index contributed by atoms with van der Waals surface area (Å²) in [5.41, 5.74) is 0. The second-order valence-corrected chi connectivity index (χ2v) is 6.26. The smallest absolute Gasteiger partial charge is 0.119 e. The maximum atomic E-state index is 5.86. The molecule has 3 rings (SSSR count). The molecule has 6 heteroatoms. The summed E-state index contributed by atoms with van der Waals surface area (Å²) in [7, 11) is 0. The zero-order valence-corrected chi connectivity index (χ0v) is 14.4. The van der Waals surface area contributed by atoms with E-state index in [0.29, 0.717) is 0 Å². The third kappa shape index (κ3) is 5.00. The molecule has 124 valence electrons. The van der Waals surface area contributed by atoms with Crippen molar-refractivity contribution in [2.45, 2.75) is 12.5 Å². The van der Waals surface area contributed by atoms with Crippen molar-refractivity contribution in [3.05, 3.63) is 29.3 Å². The van der Waals surface area contributed by atoms with E-state index in [2.05, 4.69) is 15.1 Å². The number of halogens is 2. The van der Waals surface area contributed by atoms with Crippen LogP contribution in [-0.4, -0.2) is 68.3 Å². The standard InChI is InChI=1S/C16H24ClN3O.ClH/c17-14-1-3-16(4-2-14)21-12-11-19-7-9-20(10-8-19)15-5-6-18-13-15;/h1-4,15,18H,5-13H2;1H. The van der Waals surface area contributed by atoms with E-state index in [1.807, 2.05) is 24.3 Å². The van der Waals surface area contributed by atoms with E-state index >= 15 is 0 Å². The molecule has 0 aliphatic carbocycles. The molecule has 22 heavy (non-hydrogen) atoms. The first-order valence-corrected chi connectivity index (χ1v) is 8.24. The molecule has 0 spiro atoms. The van der Waals surface area contributed by atoms with Crippen LogP contribution < -0.4 is 10.1 Å². The minimum Gasteiger partial charge on any atom is -0.492 e. The number of benzene rings is 1. The molecule has 0 amide bonds. The van der Waals surface area contributed by atoms with Gasteiger partial charge >= 0.3 is 0 Å². The number of nitrogens with zero attached hydrogens (tertiary/aromatic N) is 2. The van der Waals surface area contributed by atoms with Gasteiger partial charge in [0.15, 0.2) is 0 Å². The van der Waals surface area contributed by atoms with E-state index in [9.17, 15) is 0 Å². The van der Waals surface area contributed by atoms with Crippen molar-refractivity contribution < 1.29 is 4.74 Å². The molecule has 1 atom stereocenters. The normalized spacial score (nSPS) is 23.2. The zero-order valence-electron chi connectivity index (χ0n) is 12.8. The van der Waals surface area contributed by atoms with Crippen LogP contribution in [0.4, 0.5) is 0 Å². The summed E-state index contributed by atoms with van der Waals surface area (Å²) in [6.45, 7) is 8.77. The summed E-state index contributed by atoms with van der Waals surface area (Å²) >= 11 is 5.86. The number of rotatable bonds is 5. The first-order valence-electron chi connectivity index (χ1n) is 7.87. The summed E-state index contributed by atoms with van der Waals surface area (Å²) < 4.78 is 5.77. The Balaban J connectivity index is 0.00000176. The molecular formula is C16H25Cl2N3O. The van der Waals surface area contributed by atoms with Gasteiger partial charge in [-0.2, -0.15) is 0 Å². The number of piperazine rings is 1. The molecule has 0 aromatic heterocycles. The van der Waals surface area contributed by atoms with Crippen LogP contribution >= 0.6 is 24.0 Å². The van der Waals surface area contributed by atoms with Crippen LogP contribution in [0, 0.1) is 0 Å². The minimum absolute atomic E-state index is 0. The van der Waals surface area contributed by atoms with E-state index < -0.39 is 0 Å². The van der Waals surface area contributed by atoms with Gasteiger partial charge in [0.1, 0.15) is 12.4 Å². The molecule has 2 heterocycles. The molecule has 0 bridgehead atoms. The molecule has 0 saturated carbocycles. The zero-order chi connectivity index (χ0) is 14.5. The molecule has 2 saturated heterocycles. The van der Waals surface area contributed by atoms with Crippen LogP contribution in [0.25, 0.3) is 0 Å². The van der Waals surface area contributed by atoms with Gasteiger partial charge in [-0.25, -0.2) is 0 Å². The average molecular weight is 346 g/mol. The minimum atomic E-state index is 0. The van der Waals surface area contributed by atoms with Crippen molar-refractivity contribution in [1.82, 2.24) is 15.1 Å². The predicted octanol–water partition coefficient (Wildman–Crippen LogP) is 2.12. The van der Waals surface area contributed by atoms with Crippen LogP contribution in [0.2, 0.25) is 5.02 Å². The molecule has 1 N–H and O–H groups in total. The van der Waals surface area contributed by atoms with Crippen LogP contribution in [-0.2, 0) is 0 Å². The Kier molecular flexibility index (Phi) is 7.25. The fraction of sp³-hybridized carbons (Fsp3) is 0.625. The highest BCUT2D eigenvalue weighted by Gasteiger charge is 2.25. The first kappa shape index (κ1) is 17.8. The van der Waals surface area contributed by atoms with Gasteiger partial charge in [0.05, 0.1) is 0 Å². The van der Waals surface area contributed by atoms with Gasteiger partial charge in [-0.1, -0.05) is 11.6 Å². The average Bonchev–Trinajstić information content (AvgIpc) is 3.04. The molecule has 4 nitrogen and oxygen atoms in total. The Morgan fingerprint density at radius 3 is 2.50 bits per heavy atom. The highest BCUT2D eigenvalue weighted by atomic mass is 35.5. The van der Waals surface area contributed by atoms with Gasteiger partial charge in [0.25, 0.3) is 0 Å². The Hall–Kier alpha value is -0.520. The summed E-state index contributed by atoms with van der Waals surface area (Å²) in [5, 5.41) is 4.20. The van der Waals surface area contributed by atoms with E-state index in [1.165, 1.54) is 32.6 Å². The Morgan fingerprint density at radius 1 is 1.14 bits per heavy atom. The van der Waals surface area contributed by atoms with Crippen molar-refractivity contribution in [3.8, 4) is 5.75 Å². The summed E-state index contributed by atoms with van der Waals surface area (Å²) in [4.78, 5) is 5.13. The van der Waals surface area contributed by atoms with Crippen LogP contribution in [0.3, 0.4) is 0 Å². The molecule has 1 aromatic rings. The topological polar surface area (TPSA) is 27.7 Å². The predicted molar refractivity (Wildman–Crippen MR) is 93.5 cm³/mol. The lowest BCUT2D eigenvalue weighted by atomic mass is 10.2. The monoisotopic (exact) mass is 345 g/mol. The van der Waals surface area contributed by atoms with E-state index in [1.54, 1.807) is 0 Å². The van der Waals surface area contributed by atoms with Crippen molar-refractivity contribution in [1.29, 1.82) is 0 Å². The van der Waals surface area contributed by atoms with Crippen molar-refractivity contribution >= 4 is 24.0 Å². The van der Waals surface area contributed by atoms with Crippen LogP contribution in [0.5, 0.6) is 5.75 Å². The van der Waals surface area contributed by atoms with Gasteiger partial charge in [-0.05, 0) is 37.2 Å². The molecule has 2 aliphatic heterocycles. The second kappa shape index (κ2) is 8.94. The number of ether oxygens (including phenoxy) is 1.